The number of carbonyl (C=O) groups is 1. The Labute approximate surface area is 182 Å². The molecule has 160 valence electrons. The summed E-state index contributed by atoms with van der Waals surface area (Å²) < 4.78 is 19.0. The maximum Gasteiger partial charge on any atom is 0.226 e. The van der Waals surface area contributed by atoms with Crippen LogP contribution in [0.3, 0.4) is 0 Å². The minimum absolute atomic E-state index is 0.0525. The Balaban J connectivity index is 1.51. The lowest BCUT2D eigenvalue weighted by molar-refractivity contribution is -0.136. The van der Waals surface area contributed by atoms with E-state index in [1.165, 1.54) is 12.1 Å². The highest BCUT2D eigenvalue weighted by Gasteiger charge is 2.40. The Morgan fingerprint density at radius 1 is 1.03 bits per heavy atom. The van der Waals surface area contributed by atoms with Gasteiger partial charge in [0.05, 0.1) is 5.41 Å². The van der Waals surface area contributed by atoms with Crippen LogP contribution >= 0.6 is 0 Å². The number of rotatable bonds is 7. The van der Waals surface area contributed by atoms with Crippen LogP contribution in [-0.4, -0.2) is 30.6 Å². The van der Waals surface area contributed by atoms with Gasteiger partial charge >= 0.3 is 0 Å². The van der Waals surface area contributed by atoms with E-state index in [4.69, 9.17) is 4.74 Å². The van der Waals surface area contributed by atoms with Crippen LogP contribution in [0, 0.1) is 11.2 Å². The first-order chi connectivity index (χ1) is 15.2. The number of pyridine rings is 1. The molecule has 3 aromatic rings. The normalized spacial score (nSPS) is 15.4. The molecule has 2 heterocycles. The van der Waals surface area contributed by atoms with E-state index in [1.54, 1.807) is 18.5 Å². The van der Waals surface area contributed by atoms with Crippen LogP contribution in [0.4, 0.5) is 4.39 Å². The molecule has 0 radical (unpaired) electrons. The zero-order chi connectivity index (χ0) is 21.5. The molecular formula is C26H27FN2O2. The number of hydrogen-bond donors (Lipinski definition) is 1. The molecule has 1 amide bonds. The maximum absolute atomic E-state index is 13.4. The molecule has 4 nitrogen and oxygen atoms in total. The first kappa shape index (κ1) is 21.2. The Kier molecular flexibility index (Phi) is 6.73. The molecule has 1 N–H and O–H groups in total. The van der Waals surface area contributed by atoms with Crippen LogP contribution in [-0.2, 0) is 22.4 Å². The van der Waals surface area contributed by atoms with Crippen LogP contribution in [0.15, 0.2) is 73.1 Å². The van der Waals surface area contributed by atoms with Crippen molar-refractivity contribution in [2.75, 3.05) is 19.8 Å². The molecular weight excluding hydrogens is 391 g/mol. The summed E-state index contributed by atoms with van der Waals surface area (Å²) in [7, 11) is 0. The number of nitrogens with one attached hydrogen (secondary N) is 1. The standard InChI is InChI=1S/C26H27FN2O2/c27-23-6-3-4-20(18-23)8-15-29-25(30)26(11-16-31-17-12-26)19-22-5-1-2-7-24(22)21-9-13-28-14-10-21/h1-7,9-10,13-14,18H,8,11-12,15-17,19H2,(H,29,30). The van der Waals surface area contributed by atoms with Crippen molar-refractivity contribution >= 4 is 5.91 Å². The van der Waals surface area contributed by atoms with Crippen molar-refractivity contribution in [1.29, 1.82) is 0 Å². The van der Waals surface area contributed by atoms with Crippen LogP contribution in [0.1, 0.15) is 24.0 Å². The van der Waals surface area contributed by atoms with Gasteiger partial charge in [0.1, 0.15) is 5.82 Å². The second kappa shape index (κ2) is 9.84. The molecule has 0 saturated carbocycles. The zero-order valence-corrected chi connectivity index (χ0v) is 17.5. The lowest BCUT2D eigenvalue weighted by atomic mass is 9.73. The van der Waals surface area contributed by atoms with Crippen molar-refractivity contribution in [3.05, 3.63) is 90.0 Å². The number of carbonyl (C=O) groups excluding carboxylic acids is 1. The molecule has 4 rings (SSSR count). The predicted molar refractivity (Wildman–Crippen MR) is 119 cm³/mol. The van der Waals surface area contributed by atoms with Gasteiger partial charge < -0.3 is 10.1 Å². The van der Waals surface area contributed by atoms with Crippen LogP contribution in [0.25, 0.3) is 11.1 Å². The van der Waals surface area contributed by atoms with Gasteiger partial charge in [0.2, 0.25) is 5.91 Å². The van der Waals surface area contributed by atoms with Crippen LogP contribution in [0.5, 0.6) is 0 Å². The van der Waals surface area contributed by atoms with Crippen LogP contribution in [0.2, 0.25) is 0 Å². The Morgan fingerprint density at radius 3 is 2.58 bits per heavy atom. The second-order valence-electron chi connectivity index (χ2n) is 8.10. The third kappa shape index (κ3) is 5.17. The molecule has 1 aliphatic heterocycles. The first-order valence-corrected chi connectivity index (χ1v) is 10.8. The van der Waals surface area contributed by atoms with Gasteiger partial charge in [-0.2, -0.15) is 0 Å². The molecule has 0 atom stereocenters. The molecule has 1 aromatic heterocycles. The summed E-state index contributed by atoms with van der Waals surface area (Å²) in [6.07, 6.45) is 6.20. The van der Waals surface area contributed by atoms with E-state index in [9.17, 15) is 9.18 Å². The van der Waals surface area contributed by atoms with Crippen LogP contribution < -0.4 is 5.32 Å². The molecule has 0 aliphatic carbocycles. The number of hydrogen-bond acceptors (Lipinski definition) is 3. The van der Waals surface area contributed by atoms with Gasteiger partial charge in [0.15, 0.2) is 0 Å². The van der Waals surface area contributed by atoms with E-state index in [0.717, 1.165) is 22.3 Å². The van der Waals surface area contributed by atoms with Crippen molar-refractivity contribution in [1.82, 2.24) is 10.3 Å². The highest BCUT2D eigenvalue weighted by Crippen LogP contribution is 2.37. The van der Waals surface area contributed by atoms with Gasteiger partial charge in [-0.1, -0.05) is 36.4 Å². The Morgan fingerprint density at radius 2 is 1.81 bits per heavy atom. The number of amides is 1. The summed E-state index contributed by atoms with van der Waals surface area (Å²) in [4.78, 5) is 17.5. The third-order valence-corrected chi connectivity index (χ3v) is 6.06. The maximum atomic E-state index is 13.4. The van der Waals surface area contributed by atoms with Crippen molar-refractivity contribution in [3.8, 4) is 11.1 Å². The van der Waals surface area contributed by atoms with Crippen molar-refractivity contribution in [2.45, 2.75) is 25.7 Å². The largest absolute Gasteiger partial charge is 0.381 e. The van der Waals surface area contributed by atoms with Gasteiger partial charge in [-0.3, -0.25) is 9.78 Å². The number of benzene rings is 2. The van der Waals surface area contributed by atoms with Gasteiger partial charge in [-0.25, -0.2) is 4.39 Å². The lowest BCUT2D eigenvalue weighted by Gasteiger charge is -2.36. The van der Waals surface area contributed by atoms with E-state index in [-0.39, 0.29) is 11.7 Å². The van der Waals surface area contributed by atoms with E-state index in [2.05, 4.69) is 22.4 Å². The summed E-state index contributed by atoms with van der Waals surface area (Å²) in [5, 5.41) is 3.11. The topological polar surface area (TPSA) is 51.2 Å². The zero-order valence-electron chi connectivity index (χ0n) is 17.5. The number of halogens is 1. The summed E-state index contributed by atoms with van der Waals surface area (Å²) in [6.45, 7) is 1.64. The van der Waals surface area contributed by atoms with E-state index >= 15 is 0 Å². The average molecular weight is 419 g/mol. The van der Waals surface area contributed by atoms with Gasteiger partial charge in [-0.05, 0) is 72.2 Å². The molecule has 0 unspecified atom stereocenters. The van der Waals surface area contributed by atoms with Gasteiger partial charge in [0, 0.05) is 32.2 Å². The highest BCUT2D eigenvalue weighted by molar-refractivity contribution is 5.83. The summed E-state index contributed by atoms with van der Waals surface area (Å²) >= 11 is 0. The molecule has 1 aliphatic rings. The third-order valence-electron chi connectivity index (χ3n) is 6.06. The number of aromatic nitrogens is 1. The van der Waals surface area contributed by atoms with Crippen molar-refractivity contribution in [2.24, 2.45) is 5.41 Å². The summed E-state index contributed by atoms with van der Waals surface area (Å²) in [6, 6.07) is 18.8. The van der Waals surface area contributed by atoms with Crippen molar-refractivity contribution in [3.63, 3.8) is 0 Å². The molecule has 0 bridgehead atoms. The molecule has 0 spiro atoms. The summed E-state index contributed by atoms with van der Waals surface area (Å²) in [5.41, 5.74) is 3.74. The quantitative estimate of drug-likeness (QED) is 0.611. The van der Waals surface area contributed by atoms with E-state index in [1.807, 2.05) is 30.3 Å². The lowest BCUT2D eigenvalue weighted by Crippen LogP contribution is -2.46. The van der Waals surface area contributed by atoms with Gasteiger partial charge in [0.25, 0.3) is 0 Å². The number of nitrogens with zero attached hydrogens (tertiary/aromatic N) is 1. The summed E-state index contributed by atoms with van der Waals surface area (Å²) in [5.74, 6) is -0.200. The fourth-order valence-electron chi connectivity index (χ4n) is 4.30. The SMILES string of the molecule is O=C(NCCc1cccc(F)c1)C1(Cc2ccccc2-c2ccncc2)CCOCC1. The molecule has 1 fully saturated rings. The van der Waals surface area contributed by atoms with Crippen molar-refractivity contribution < 1.29 is 13.9 Å². The highest BCUT2D eigenvalue weighted by atomic mass is 19.1. The minimum Gasteiger partial charge on any atom is -0.381 e. The average Bonchev–Trinajstić information content (AvgIpc) is 2.81. The number of ether oxygens (including phenoxy) is 1. The fourth-order valence-corrected chi connectivity index (χ4v) is 4.30. The Bertz CT molecular complexity index is 1020. The Hall–Kier alpha value is -3.05. The fraction of sp³-hybridized carbons (Fsp3) is 0.308. The second-order valence-corrected chi connectivity index (χ2v) is 8.10. The van der Waals surface area contributed by atoms with E-state index < -0.39 is 5.41 Å². The van der Waals surface area contributed by atoms with E-state index in [0.29, 0.717) is 45.4 Å². The smallest absolute Gasteiger partial charge is 0.226 e. The molecule has 1 saturated heterocycles. The molecule has 31 heavy (non-hydrogen) atoms. The first-order valence-electron chi connectivity index (χ1n) is 10.8. The molecule has 2 aromatic carbocycles. The minimum atomic E-state index is -0.511. The molecule has 5 heteroatoms. The van der Waals surface area contributed by atoms with Gasteiger partial charge in [-0.15, -0.1) is 0 Å². The predicted octanol–water partition coefficient (Wildman–Crippen LogP) is 4.59. The monoisotopic (exact) mass is 418 g/mol.